The Bertz CT molecular complexity index is 1280. The van der Waals surface area contributed by atoms with Gasteiger partial charge >= 0.3 is 0 Å². The first-order valence-corrected chi connectivity index (χ1v) is 11.9. The highest BCUT2D eigenvalue weighted by molar-refractivity contribution is 5.92. The Hall–Kier alpha value is -3.60. The summed E-state index contributed by atoms with van der Waals surface area (Å²) in [5.41, 5.74) is -1.59. The molecule has 1 aliphatic carbocycles. The van der Waals surface area contributed by atoms with Crippen molar-refractivity contribution < 1.29 is 23.4 Å². The molecule has 1 saturated carbocycles. The van der Waals surface area contributed by atoms with E-state index in [2.05, 4.69) is 15.5 Å². The number of carbonyl (C=O) groups is 1. The molecule has 36 heavy (non-hydrogen) atoms. The number of hydrogen-bond donors (Lipinski definition) is 2. The van der Waals surface area contributed by atoms with Crippen LogP contribution in [0.4, 0.5) is 14.6 Å². The van der Waals surface area contributed by atoms with Gasteiger partial charge in [0.25, 0.3) is 11.5 Å². The van der Waals surface area contributed by atoms with Gasteiger partial charge < -0.3 is 15.2 Å². The van der Waals surface area contributed by atoms with Crippen molar-refractivity contribution in [3.63, 3.8) is 0 Å². The van der Waals surface area contributed by atoms with Crippen LogP contribution in [0.1, 0.15) is 52.0 Å². The summed E-state index contributed by atoms with van der Waals surface area (Å²) in [5, 5.41) is 21.1. The first-order chi connectivity index (χ1) is 17.1. The zero-order valence-electron chi connectivity index (χ0n) is 20.2. The zero-order chi connectivity index (χ0) is 25.9. The van der Waals surface area contributed by atoms with Crippen molar-refractivity contribution in [1.82, 2.24) is 19.6 Å². The summed E-state index contributed by atoms with van der Waals surface area (Å²) in [7, 11) is 0. The largest absolute Gasteiger partial charge is 0.452 e. The van der Waals surface area contributed by atoms with Crippen LogP contribution in [0, 0.1) is 17.6 Å². The van der Waals surface area contributed by atoms with E-state index >= 15 is 0 Å². The number of aromatic nitrogens is 4. The van der Waals surface area contributed by atoms with Gasteiger partial charge in [0.05, 0.1) is 18.3 Å². The Morgan fingerprint density at radius 1 is 1.25 bits per heavy atom. The molecule has 11 heteroatoms. The lowest BCUT2D eigenvalue weighted by Gasteiger charge is -2.21. The second-order valence-electron chi connectivity index (χ2n) is 9.75. The number of nitrogens with zero attached hydrogens (tertiary/aromatic N) is 4. The smallest absolute Gasteiger partial charge is 0.271 e. The quantitative estimate of drug-likeness (QED) is 0.458. The highest BCUT2D eigenvalue weighted by atomic mass is 19.1. The molecular formula is C25H29F2N5O4. The van der Waals surface area contributed by atoms with Gasteiger partial charge in [-0.1, -0.05) is 25.7 Å². The fourth-order valence-corrected chi connectivity index (χ4v) is 4.38. The molecule has 9 nitrogen and oxygen atoms in total. The number of benzene rings is 1. The lowest BCUT2D eigenvalue weighted by molar-refractivity contribution is -0.120. The molecule has 0 aliphatic heterocycles. The molecular weight excluding hydrogens is 472 g/mol. The SMILES string of the molecule is CC(C)(O)Cn1ccc(NC(=O)[C@@H](CC2CCCC2)n2ncc(Oc3cc(F)ccc3F)cc2=O)n1. The monoisotopic (exact) mass is 501 g/mol. The third-order valence-electron chi connectivity index (χ3n) is 5.99. The van der Waals surface area contributed by atoms with Crippen molar-refractivity contribution in [2.75, 3.05) is 5.32 Å². The normalized spacial score (nSPS) is 15.1. The van der Waals surface area contributed by atoms with E-state index in [0.717, 1.165) is 54.6 Å². The Morgan fingerprint density at radius 3 is 2.69 bits per heavy atom. The maximum Gasteiger partial charge on any atom is 0.271 e. The average molecular weight is 502 g/mol. The number of nitrogens with one attached hydrogen (secondary N) is 1. The number of rotatable bonds is 9. The van der Waals surface area contributed by atoms with E-state index in [1.807, 2.05) is 0 Å². The minimum absolute atomic E-state index is 0.0777. The van der Waals surface area contributed by atoms with Crippen molar-refractivity contribution in [2.45, 2.75) is 64.1 Å². The van der Waals surface area contributed by atoms with Gasteiger partial charge in [-0.2, -0.15) is 10.2 Å². The van der Waals surface area contributed by atoms with Crippen molar-refractivity contribution >= 4 is 11.7 Å². The fourth-order valence-electron chi connectivity index (χ4n) is 4.38. The number of anilines is 1. The number of ether oxygens (including phenoxy) is 1. The number of hydrogen-bond acceptors (Lipinski definition) is 6. The minimum Gasteiger partial charge on any atom is -0.452 e. The maximum atomic E-state index is 13.9. The van der Waals surface area contributed by atoms with Gasteiger partial charge in [0.2, 0.25) is 0 Å². The van der Waals surface area contributed by atoms with Crippen molar-refractivity contribution in [3.05, 3.63) is 64.7 Å². The van der Waals surface area contributed by atoms with Crippen LogP contribution in [0.3, 0.4) is 0 Å². The molecule has 2 aromatic heterocycles. The van der Waals surface area contributed by atoms with Crippen LogP contribution in [0.2, 0.25) is 0 Å². The highest BCUT2D eigenvalue weighted by Gasteiger charge is 2.29. The maximum absolute atomic E-state index is 13.9. The second kappa shape index (κ2) is 10.6. The van der Waals surface area contributed by atoms with Crippen molar-refractivity contribution in [3.8, 4) is 11.5 Å². The standard InChI is InChI=1S/C25H29F2N5O4/c1-25(2,35)15-31-10-9-22(30-31)29-24(34)20(11-16-5-3-4-6-16)32-23(33)13-18(14-28-32)36-21-12-17(26)7-8-19(21)27/h7-10,12-14,16,20,35H,3-6,11,15H2,1-2H3,(H,29,30,34)/t20-/m1/s1. The van der Waals surface area contributed by atoms with E-state index in [9.17, 15) is 23.5 Å². The first kappa shape index (κ1) is 25.5. The summed E-state index contributed by atoms with van der Waals surface area (Å²) in [6.45, 7) is 3.54. The zero-order valence-corrected chi connectivity index (χ0v) is 20.2. The number of halogens is 2. The van der Waals surface area contributed by atoms with Crippen molar-refractivity contribution in [1.29, 1.82) is 0 Å². The van der Waals surface area contributed by atoms with E-state index < -0.39 is 34.7 Å². The number of amides is 1. The van der Waals surface area contributed by atoms with Gasteiger partial charge in [-0.15, -0.1) is 0 Å². The van der Waals surface area contributed by atoms with Gasteiger partial charge in [0, 0.05) is 24.4 Å². The van der Waals surface area contributed by atoms with Crippen LogP contribution in [-0.2, 0) is 11.3 Å². The predicted octanol–water partition coefficient (Wildman–Crippen LogP) is 4.04. The van der Waals surface area contributed by atoms with E-state index in [0.29, 0.717) is 6.42 Å². The van der Waals surface area contributed by atoms with Crippen LogP contribution in [0.15, 0.2) is 47.5 Å². The van der Waals surface area contributed by atoms with Crippen LogP contribution >= 0.6 is 0 Å². The van der Waals surface area contributed by atoms with Crippen LogP contribution in [0.25, 0.3) is 0 Å². The Balaban J connectivity index is 1.55. The summed E-state index contributed by atoms with van der Waals surface area (Å²) < 4.78 is 35.3. The minimum atomic E-state index is -0.978. The third-order valence-corrected chi connectivity index (χ3v) is 5.99. The summed E-state index contributed by atoms with van der Waals surface area (Å²) in [6.07, 6.45) is 7.29. The molecule has 1 aliphatic rings. The molecule has 0 saturated heterocycles. The molecule has 0 unspecified atom stereocenters. The molecule has 2 heterocycles. The van der Waals surface area contributed by atoms with E-state index in [-0.39, 0.29) is 29.8 Å². The van der Waals surface area contributed by atoms with E-state index in [1.54, 1.807) is 26.1 Å². The van der Waals surface area contributed by atoms with Crippen LogP contribution in [-0.4, -0.2) is 36.2 Å². The molecule has 192 valence electrons. The van der Waals surface area contributed by atoms with Gasteiger partial charge in [-0.25, -0.2) is 13.5 Å². The highest BCUT2D eigenvalue weighted by Crippen LogP contribution is 2.32. The van der Waals surface area contributed by atoms with E-state index in [1.165, 1.54) is 10.9 Å². The summed E-state index contributed by atoms with van der Waals surface area (Å²) >= 11 is 0. The summed E-state index contributed by atoms with van der Waals surface area (Å²) in [5.74, 6) is -1.83. The van der Waals surface area contributed by atoms with Gasteiger partial charge in [0.15, 0.2) is 23.1 Å². The average Bonchev–Trinajstić information content (AvgIpc) is 3.46. The fraction of sp³-hybridized carbons (Fsp3) is 0.440. The molecule has 1 aromatic carbocycles. The molecule has 1 fully saturated rings. The van der Waals surface area contributed by atoms with Crippen LogP contribution in [0.5, 0.6) is 11.5 Å². The topological polar surface area (TPSA) is 111 Å². The van der Waals surface area contributed by atoms with Gasteiger partial charge in [-0.3, -0.25) is 14.3 Å². The van der Waals surface area contributed by atoms with Gasteiger partial charge in [0.1, 0.15) is 11.9 Å². The first-order valence-electron chi connectivity index (χ1n) is 11.9. The van der Waals surface area contributed by atoms with E-state index in [4.69, 9.17) is 4.74 Å². The van der Waals surface area contributed by atoms with Crippen LogP contribution < -0.4 is 15.6 Å². The molecule has 1 atom stereocenters. The Kier molecular flexibility index (Phi) is 7.48. The van der Waals surface area contributed by atoms with Crippen molar-refractivity contribution in [2.24, 2.45) is 5.92 Å². The summed E-state index contributed by atoms with van der Waals surface area (Å²) in [6, 6.07) is 4.54. The lowest BCUT2D eigenvalue weighted by atomic mass is 9.98. The molecule has 4 rings (SSSR count). The third kappa shape index (κ3) is 6.54. The number of carbonyl (C=O) groups excluding carboxylic acids is 1. The Labute approximate surface area is 206 Å². The summed E-state index contributed by atoms with van der Waals surface area (Å²) in [4.78, 5) is 26.2. The number of aliphatic hydroxyl groups is 1. The molecule has 0 radical (unpaired) electrons. The molecule has 0 bridgehead atoms. The molecule has 0 spiro atoms. The molecule has 3 aromatic rings. The molecule has 1 amide bonds. The Morgan fingerprint density at radius 2 is 2.00 bits per heavy atom. The predicted molar refractivity (Wildman–Crippen MR) is 128 cm³/mol. The lowest BCUT2D eigenvalue weighted by Crippen LogP contribution is -2.36. The van der Waals surface area contributed by atoms with Gasteiger partial charge in [-0.05, 0) is 38.3 Å². The molecule has 2 N–H and O–H groups in total. The second-order valence-corrected chi connectivity index (χ2v) is 9.75.